The maximum Gasteiger partial charge on any atom is 0.227 e. The van der Waals surface area contributed by atoms with Gasteiger partial charge in [0, 0.05) is 11.6 Å². The number of nitrogens with one attached hydrogen (secondary N) is 1. The summed E-state index contributed by atoms with van der Waals surface area (Å²) in [5.41, 5.74) is 12.4. The number of guanidine groups is 1. The van der Waals surface area contributed by atoms with Gasteiger partial charge in [-0.1, -0.05) is 25.0 Å². The highest BCUT2D eigenvalue weighted by atomic mass is 127. The Morgan fingerprint density at radius 3 is 2.65 bits per heavy atom. The number of anilines is 1. The van der Waals surface area contributed by atoms with Crippen LogP contribution < -0.4 is 16.8 Å². The van der Waals surface area contributed by atoms with E-state index in [0.717, 1.165) is 36.9 Å². The Hall–Kier alpha value is -1.31. The zero-order chi connectivity index (χ0) is 13.7. The summed E-state index contributed by atoms with van der Waals surface area (Å²) in [6.07, 6.45) is 4.31. The average molecular weight is 388 g/mol. The lowest BCUT2D eigenvalue weighted by Crippen LogP contribution is -2.22. The summed E-state index contributed by atoms with van der Waals surface area (Å²) in [5.74, 6) is 0.359. The SMILES string of the molecule is I.NC(N)=NCc1cccc(NC(=O)C2CCCC2)c1. The molecule has 1 amide bonds. The molecule has 0 spiro atoms. The number of nitrogens with two attached hydrogens (primary N) is 2. The summed E-state index contributed by atoms with van der Waals surface area (Å²) in [7, 11) is 0. The van der Waals surface area contributed by atoms with E-state index in [9.17, 15) is 4.79 Å². The molecule has 2 rings (SSSR count). The molecule has 20 heavy (non-hydrogen) atoms. The molecule has 1 aliphatic carbocycles. The summed E-state index contributed by atoms with van der Waals surface area (Å²) < 4.78 is 0. The van der Waals surface area contributed by atoms with Crippen molar-refractivity contribution in [2.45, 2.75) is 32.2 Å². The largest absolute Gasteiger partial charge is 0.370 e. The second-order valence-corrected chi connectivity index (χ2v) is 4.91. The first-order valence-corrected chi connectivity index (χ1v) is 6.60. The van der Waals surface area contributed by atoms with Crippen LogP contribution in [0.25, 0.3) is 0 Å². The first kappa shape index (κ1) is 16.7. The van der Waals surface area contributed by atoms with Crippen molar-refractivity contribution in [2.75, 3.05) is 5.32 Å². The zero-order valence-electron chi connectivity index (χ0n) is 11.3. The lowest BCUT2D eigenvalue weighted by Gasteiger charge is -2.11. The summed E-state index contributed by atoms with van der Waals surface area (Å²) in [5, 5.41) is 2.96. The molecule has 1 aromatic carbocycles. The third-order valence-corrected chi connectivity index (χ3v) is 3.36. The van der Waals surface area contributed by atoms with Crippen molar-refractivity contribution in [1.82, 2.24) is 0 Å². The first-order chi connectivity index (χ1) is 9.15. The minimum absolute atomic E-state index is 0. The fourth-order valence-electron chi connectivity index (χ4n) is 2.36. The first-order valence-electron chi connectivity index (χ1n) is 6.60. The fraction of sp³-hybridized carbons (Fsp3) is 0.429. The molecule has 0 atom stereocenters. The molecule has 0 heterocycles. The number of carbonyl (C=O) groups excluding carboxylic acids is 1. The Morgan fingerprint density at radius 1 is 1.30 bits per heavy atom. The Bertz CT molecular complexity index is 480. The molecule has 0 unspecified atom stereocenters. The van der Waals surface area contributed by atoms with Gasteiger partial charge >= 0.3 is 0 Å². The lowest BCUT2D eigenvalue weighted by molar-refractivity contribution is -0.119. The molecule has 0 radical (unpaired) electrons. The number of rotatable bonds is 4. The highest BCUT2D eigenvalue weighted by molar-refractivity contribution is 14.0. The summed E-state index contributed by atoms with van der Waals surface area (Å²) >= 11 is 0. The summed E-state index contributed by atoms with van der Waals surface area (Å²) in [6, 6.07) is 7.60. The number of benzene rings is 1. The van der Waals surface area contributed by atoms with Gasteiger partial charge in [0.25, 0.3) is 0 Å². The second kappa shape index (κ2) is 8.08. The molecule has 0 aliphatic heterocycles. The van der Waals surface area contributed by atoms with E-state index in [1.807, 2.05) is 24.3 Å². The Balaban J connectivity index is 0.00000200. The predicted molar refractivity (Wildman–Crippen MR) is 92.0 cm³/mol. The van der Waals surface area contributed by atoms with Crippen molar-refractivity contribution >= 4 is 41.5 Å². The number of aliphatic imine (C=N–C) groups is 1. The van der Waals surface area contributed by atoms with E-state index in [0.29, 0.717) is 6.54 Å². The highest BCUT2D eigenvalue weighted by Gasteiger charge is 2.22. The summed E-state index contributed by atoms with van der Waals surface area (Å²) in [4.78, 5) is 16.0. The molecule has 6 heteroatoms. The van der Waals surface area contributed by atoms with Crippen molar-refractivity contribution in [1.29, 1.82) is 0 Å². The molecule has 5 N–H and O–H groups in total. The third-order valence-electron chi connectivity index (χ3n) is 3.36. The maximum absolute atomic E-state index is 12.0. The van der Waals surface area contributed by atoms with Gasteiger partial charge in [0.2, 0.25) is 5.91 Å². The normalized spacial score (nSPS) is 14.4. The van der Waals surface area contributed by atoms with Crippen LogP contribution in [-0.4, -0.2) is 11.9 Å². The van der Waals surface area contributed by atoms with E-state index < -0.39 is 0 Å². The average Bonchev–Trinajstić information content (AvgIpc) is 2.91. The minimum Gasteiger partial charge on any atom is -0.370 e. The molecular weight excluding hydrogens is 367 g/mol. The number of amides is 1. The van der Waals surface area contributed by atoms with E-state index in [2.05, 4.69) is 10.3 Å². The number of halogens is 1. The Kier molecular flexibility index (Phi) is 6.77. The third kappa shape index (κ3) is 4.99. The van der Waals surface area contributed by atoms with Crippen LogP contribution >= 0.6 is 24.0 Å². The molecule has 0 bridgehead atoms. The number of carbonyl (C=O) groups is 1. The van der Waals surface area contributed by atoms with Gasteiger partial charge in [0.05, 0.1) is 6.54 Å². The Morgan fingerprint density at radius 2 is 2.00 bits per heavy atom. The van der Waals surface area contributed by atoms with Gasteiger partial charge in [0.15, 0.2) is 5.96 Å². The molecule has 1 aromatic rings. The van der Waals surface area contributed by atoms with Crippen LogP contribution in [0.2, 0.25) is 0 Å². The minimum atomic E-state index is 0. The number of nitrogens with zero attached hydrogens (tertiary/aromatic N) is 1. The quantitative estimate of drug-likeness (QED) is 0.420. The molecule has 110 valence electrons. The molecule has 1 fully saturated rings. The molecule has 0 aromatic heterocycles. The van der Waals surface area contributed by atoms with E-state index in [1.165, 1.54) is 0 Å². The van der Waals surface area contributed by atoms with E-state index in [1.54, 1.807) is 0 Å². The van der Waals surface area contributed by atoms with Crippen molar-refractivity contribution < 1.29 is 4.79 Å². The molecule has 0 saturated heterocycles. The van der Waals surface area contributed by atoms with Gasteiger partial charge in [-0.15, -0.1) is 24.0 Å². The smallest absolute Gasteiger partial charge is 0.227 e. The standard InChI is InChI=1S/C14H20N4O.HI/c15-14(16)17-9-10-4-3-7-12(8-10)18-13(19)11-5-1-2-6-11;/h3-4,7-8,11H,1-2,5-6,9H2,(H,18,19)(H4,15,16,17);1H. The topological polar surface area (TPSA) is 93.5 Å². The van der Waals surface area contributed by atoms with Gasteiger partial charge in [-0.05, 0) is 30.5 Å². The number of hydrogen-bond donors (Lipinski definition) is 3. The van der Waals surface area contributed by atoms with Crippen molar-refractivity contribution in [2.24, 2.45) is 22.4 Å². The van der Waals surface area contributed by atoms with Crippen LogP contribution in [0.5, 0.6) is 0 Å². The lowest BCUT2D eigenvalue weighted by atomic mass is 10.1. The van der Waals surface area contributed by atoms with E-state index in [4.69, 9.17) is 11.5 Å². The zero-order valence-corrected chi connectivity index (χ0v) is 13.7. The maximum atomic E-state index is 12.0. The van der Waals surface area contributed by atoms with Crippen molar-refractivity contribution in [3.8, 4) is 0 Å². The predicted octanol–water partition coefficient (Wildman–Crippen LogP) is 2.21. The molecule has 5 nitrogen and oxygen atoms in total. The highest BCUT2D eigenvalue weighted by Crippen LogP contribution is 2.26. The number of hydrogen-bond acceptors (Lipinski definition) is 2. The van der Waals surface area contributed by atoms with Crippen molar-refractivity contribution in [3.05, 3.63) is 29.8 Å². The van der Waals surface area contributed by atoms with Gasteiger partial charge in [-0.2, -0.15) is 0 Å². The second-order valence-electron chi connectivity index (χ2n) is 4.91. The van der Waals surface area contributed by atoms with Crippen molar-refractivity contribution in [3.63, 3.8) is 0 Å². The van der Waals surface area contributed by atoms with E-state index in [-0.39, 0.29) is 41.8 Å². The molecular formula is C14H21IN4O. The fourth-order valence-corrected chi connectivity index (χ4v) is 2.36. The van der Waals surface area contributed by atoms with Crippen LogP contribution in [-0.2, 0) is 11.3 Å². The van der Waals surface area contributed by atoms with E-state index >= 15 is 0 Å². The van der Waals surface area contributed by atoms with Gasteiger partial charge in [0.1, 0.15) is 0 Å². The van der Waals surface area contributed by atoms with Gasteiger partial charge in [-0.25, -0.2) is 4.99 Å². The van der Waals surface area contributed by atoms with Crippen LogP contribution in [0.1, 0.15) is 31.2 Å². The summed E-state index contributed by atoms with van der Waals surface area (Å²) in [6.45, 7) is 0.426. The van der Waals surface area contributed by atoms with Gasteiger partial charge < -0.3 is 16.8 Å². The van der Waals surface area contributed by atoms with Gasteiger partial charge in [-0.3, -0.25) is 4.79 Å². The monoisotopic (exact) mass is 388 g/mol. The van der Waals surface area contributed by atoms with Crippen LogP contribution in [0.3, 0.4) is 0 Å². The van der Waals surface area contributed by atoms with Crippen LogP contribution in [0.4, 0.5) is 5.69 Å². The molecule has 1 saturated carbocycles. The Labute approximate surface area is 136 Å². The van der Waals surface area contributed by atoms with Crippen LogP contribution in [0, 0.1) is 5.92 Å². The van der Waals surface area contributed by atoms with Crippen LogP contribution in [0.15, 0.2) is 29.3 Å². The molecule has 1 aliphatic rings.